The smallest absolute Gasteiger partial charge is 0.0522 e. The standard InChI is InChI=1S/C14H18BrN3/c1-2-9-18-14(7-8-17-18)11-16-10-12-3-5-13(15)6-4-12/h3-8,16H,2,9-11H2,1H3. The number of aryl methyl sites for hydroxylation is 1. The number of aromatic nitrogens is 2. The summed E-state index contributed by atoms with van der Waals surface area (Å²) in [6.45, 7) is 4.89. The third kappa shape index (κ3) is 3.68. The minimum atomic E-state index is 0.857. The van der Waals surface area contributed by atoms with Crippen molar-refractivity contribution in [1.82, 2.24) is 15.1 Å². The Kier molecular flexibility index (Phi) is 4.96. The first-order valence-corrected chi connectivity index (χ1v) is 7.04. The summed E-state index contributed by atoms with van der Waals surface area (Å²) in [6.07, 6.45) is 2.98. The molecule has 0 amide bonds. The summed E-state index contributed by atoms with van der Waals surface area (Å²) in [6, 6.07) is 10.5. The van der Waals surface area contributed by atoms with Gasteiger partial charge >= 0.3 is 0 Å². The Bertz CT molecular complexity index is 476. The fourth-order valence-electron chi connectivity index (χ4n) is 1.86. The van der Waals surface area contributed by atoms with Crippen molar-refractivity contribution in [2.24, 2.45) is 0 Å². The number of halogens is 1. The number of nitrogens with one attached hydrogen (secondary N) is 1. The summed E-state index contributed by atoms with van der Waals surface area (Å²) in [5.74, 6) is 0. The van der Waals surface area contributed by atoms with E-state index in [4.69, 9.17) is 0 Å². The van der Waals surface area contributed by atoms with Gasteiger partial charge in [-0.1, -0.05) is 35.0 Å². The van der Waals surface area contributed by atoms with E-state index in [1.165, 1.54) is 11.3 Å². The molecule has 0 unspecified atom stereocenters. The van der Waals surface area contributed by atoms with Crippen LogP contribution >= 0.6 is 15.9 Å². The summed E-state index contributed by atoms with van der Waals surface area (Å²) in [7, 11) is 0. The van der Waals surface area contributed by atoms with E-state index in [1.54, 1.807) is 0 Å². The molecule has 0 aliphatic carbocycles. The summed E-state index contributed by atoms with van der Waals surface area (Å²) in [5.41, 5.74) is 2.54. The molecule has 3 nitrogen and oxygen atoms in total. The number of hydrogen-bond acceptors (Lipinski definition) is 2. The molecule has 0 spiro atoms. The maximum absolute atomic E-state index is 4.31. The van der Waals surface area contributed by atoms with Gasteiger partial charge in [-0.25, -0.2) is 0 Å². The van der Waals surface area contributed by atoms with Crippen LogP contribution in [0.2, 0.25) is 0 Å². The Morgan fingerprint density at radius 1 is 1.17 bits per heavy atom. The first kappa shape index (κ1) is 13.3. The zero-order valence-electron chi connectivity index (χ0n) is 10.6. The molecule has 96 valence electrons. The van der Waals surface area contributed by atoms with E-state index >= 15 is 0 Å². The molecule has 2 rings (SSSR count). The Morgan fingerprint density at radius 3 is 2.67 bits per heavy atom. The molecule has 0 atom stereocenters. The van der Waals surface area contributed by atoms with Gasteiger partial charge in [0, 0.05) is 30.3 Å². The summed E-state index contributed by atoms with van der Waals surface area (Å²) in [4.78, 5) is 0. The normalized spacial score (nSPS) is 10.8. The quantitative estimate of drug-likeness (QED) is 0.887. The van der Waals surface area contributed by atoms with E-state index in [0.29, 0.717) is 0 Å². The summed E-state index contributed by atoms with van der Waals surface area (Å²) < 4.78 is 3.18. The summed E-state index contributed by atoms with van der Waals surface area (Å²) >= 11 is 3.44. The van der Waals surface area contributed by atoms with Crippen molar-refractivity contribution in [3.63, 3.8) is 0 Å². The number of hydrogen-bond donors (Lipinski definition) is 1. The molecular weight excluding hydrogens is 290 g/mol. The molecule has 0 aliphatic rings. The average Bonchev–Trinajstić information content (AvgIpc) is 2.80. The fourth-order valence-corrected chi connectivity index (χ4v) is 2.12. The highest BCUT2D eigenvalue weighted by atomic mass is 79.9. The molecule has 0 saturated heterocycles. The van der Waals surface area contributed by atoms with Crippen LogP contribution in [-0.2, 0) is 19.6 Å². The Balaban J connectivity index is 1.84. The zero-order valence-corrected chi connectivity index (χ0v) is 12.2. The largest absolute Gasteiger partial charge is 0.307 e. The van der Waals surface area contributed by atoms with Crippen LogP contribution in [0.3, 0.4) is 0 Å². The van der Waals surface area contributed by atoms with E-state index in [9.17, 15) is 0 Å². The first-order chi connectivity index (χ1) is 8.79. The number of benzene rings is 1. The molecule has 2 aromatic rings. The minimum Gasteiger partial charge on any atom is -0.307 e. The van der Waals surface area contributed by atoms with Gasteiger partial charge in [-0.05, 0) is 30.2 Å². The van der Waals surface area contributed by atoms with Gasteiger partial charge in [-0.15, -0.1) is 0 Å². The topological polar surface area (TPSA) is 29.9 Å². The Hall–Kier alpha value is -1.13. The monoisotopic (exact) mass is 307 g/mol. The summed E-state index contributed by atoms with van der Waals surface area (Å²) in [5, 5.41) is 7.76. The maximum atomic E-state index is 4.31. The molecule has 0 aliphatic heterocycles. The van der Waals surface area contributed by atoms with Crippen molar-refractivity contribution < 1.29 is 0 Å². The predicted molar refractivity (Wildman–Crippen MR) is 77.2 cm³/mol. The Morgan fingerprint density at radius 2 is 1.94 bits per heavy atom. The highest BCUT2D eigenvalue weighted by molar-refractivity contribution is 9.10. The van der Waals surface area contributed by atoms with Crippen LogP contribution in [0.4, 0.5) is 0 Å². The minimum absolute atomic E-state index is 0.857. The van der Waals surface area contributed by atoms with Gasteiger partial charge in [0.05, 0.1) is 5.69 Å². The van der Waals surface area contributed by atoms with Crippen molar-refractivity contribution in [2.75, 3.05) is 0 Å². The second-order valence-electron chi connectivity index (χ2n) is 4.28. The molecule has 0 saturated carbocycles. The zero-order chi connectivity index (χ0) is 12.8. The van der Waals surface area contributed by atoms with Gasteiger partial charge < -0.3 is 5.32 Å². The van der Waals surface area contributed by atoms with E-state index < -0.39 is 0 Å². The lowest BCUT2D eigenvalue weighted by Crippen LogP contribution is -2.16. The SMILES string of the molecule is CCCn1nccc1CNCc1ccc(Br)cc1. The van der Waals surface area contributed by atoms with Crippen molar-refractivity contribution in [2.45, 2.75) is 33.0 Å². The lowest BCUT2D eigenvalue weighted by atomic mass is 10.2. The molecule has 0 bridgehead atoms. The molecule has 1 aromatic carbocycles. The van der Waals surface area contributed by atoms with Crippen LogP contribution < -0.4 is 5.32 Å². The number of nitrogens with zero attached hydrogens (tertiary/aromatic N) is 2. The molecule has 4 heteroatoms. The lowest BCUT2D eigenvalue weighted by Gasteiger charge is -2.08. The van der Waals surface area contributed by atoms with E-state index in [1.807, 2.05) is 6.20 Å². The molecule has 1 N–H and O–H groups in total. The molecule has 1 heterocycles. The second kappa shape index (κ2) is 6.71. The van der Waals surface area contributed by atoms with E-state index in [2.05, 4.69) is 68.3 Å². The van der Waals surface area contributed by atoms with Crippen molar-refractivity contribution in [3.05, 3.63) is 52.3 Å². The highest BCUT2D eigenvalue weighted by Gasteiger charge is 2.01. The Labute approximate surface area is 116 Å². The van der Waals surface area contributed by atoms with Gasteiger partial charge in [0.25, 0.3) is 0 Å². The van der Waals surface area contributed by atoms with Crippen LogP contribution in [0.15, 0.2) is 41.0 Å². The third-order valence-electron chi connectivity index (χ3n) is 2.79. The molecule has 1 aromatic heterocycles. The van der Waals surface area contributed by atoms with E-state index in [0.717, 1.165) is 30.5 Å². The van der Waals surface area contributed by atoms with Crippen LogP contribution in [0.25, 0.3) is 0 Å². The molecule has 0 radical (unpaired) electrons. The maximum Gasteiger partial charge on any atom is 0.0522 e. The van der Waals surface area contributed by atoms with Gasteiger partial charge in [-0.3, -0.25) is 4.68 Å². The number of rotatable bonds is 6. The average molecular weight is 308 g/mol. The van der Waals surface area contributed by atoms with Crippen molar-refractivity contribution in [1.29, 1.82) is 0 Å². The van der Waals surface area contributed by atoms with Gasteiger partial charge in [0.15, 0.2) is 0 Å². The van der Waals surface area contributed by atoms with Crippen molar-refractivity contribution >= 4 is 15.9 Å². The fraction of sp³-hybridized carbons (Fsp3) is 0.357. The van der Waals surface area contributed by atoms with Crippen molar-refractivity contribution in [3.8, 4) is 0 Å². The first-order valence-electron chi connectivity index (χ1n) is 6.25. The van der Waals surface area contributed by atoms with Crippen LogP contribution in [-0.4, -0.2) is 9.78 Å². The van der Waals surface area contributed by atoms with Gasteiger partial charge in [-0.2, -0.15) is 5.10 Å². The second-order valence-corrected chi connectivity index (χ2v) is 5.19. The van der Waals surface area contributed by atoms with Crippen LogP contribution in [0.5, 0.6) is 0 Å². The van der Waals surface area contributed by atoms with Crippen LogP contribution in [0.1, 0.15) is 24.6 Å². The van der Waals surface area contributed by atoms with Gasteiger partial charge in [0.2, 0.25) is 0 Å². The van der Waals surface area contributed by atoms with Crippen LogP contribution in [0, 0.1) is 0 Å². The third-order valence-corrected chi connectivity index (χ3v) is 3.32. The predicted octanol–water partition coefficient (Wildman–Crippen LogP) is 3.35. The van der Waals surface area contributed by atoms with E-state index in [-0.39, 0.29) is 0 Å². The van der Waals surface area contributed by atoms with Gasteiger partial charge in [0.1, 0.15) is 0 Å². The lowest BCUT2D eigenvalue weighted by molar-refractivity contribution is 0.549. The molecular formula is C14H18BrN3. The molecule has 0 fully saturated rings. The highest BCUT2D eigenvalue weighted by Crippen LogP contribution is 2.10. The molecule has 18 heavy (non-hydrogen) atoms.